The molecular weight excluding hydrogens is 300 g/mol. The minimum absolute atomic E-state index is 0.177. The van der Waals surface area contributed by atoms with Crippen molar-refractivity contribution in [2.75, 3.05) is 6.54 Å². The number of rotatable bonds is 5. The van der Waals surface area contributed by atoms with Crippen LogP contribution in [0, 0.1) is 0 Å². The van der Waals surface area contributed by atoms with Crippen LogP contribution in [-0.2, 0) is 11.8 Å². The summed E-state index contributed by atoms with van der Waals surface area (Å²) in [5.41, 5.74) is 2.87. The molecule has 1 atom stereocenters. The second-order valence-electron chi connectivity index (χ2n) is 5.75. The number of carbonyl (C=O) groups is 1. The molecule has 0 aliphatic rings. The number of nitrogens with zero attached hydrogens (tertiary/aromatic N) is 1. The van der Waals surface area contributed by atoms with Crippen molar-refractivity contribution in [1.29, 1.82) is 0 Å². The van der Waals surface area contributed by atoms with E-state index >= 15 is 0 Å². The summed E-state index contributed by atoms with van der Waals surface area (Å²) in [6.07, 6.45) is 4.47. The Labute approximate surface area is 141 Å². The molecule has 3 aromatic rings. The normalized spacial score (nSPS) is 12.6. The molecule has 0 aliphatic carbocycles. The molecule has 1 heterocycles. The third-order valence-electron chi connectivity index (χ3n) is 3.99. The van der Waals surface area contributed by atoms with Crippen molar-refractivity contribution >= 4 is 22.9 Å². The molecule has 3 rings (SSSR count). The zero-order chi connectivity index (χ0) is 16.9. The zero-order valence-corrected chi connectivity index (χ0v) is 13.5. The Morgan fingerprint density at radius 3 is 2.79 bits per heavy atom. The summed E-state index contributed by atoms with van der Waals surface area (Å²) in [5.74, 6) is -0.223. The summed E-state index contributed by atoms with van der Waals surface area (Å²) >= 11 is 0. The predicted octanol–water partition coefficient (Wildman–Crippen LogP) is 3.04. The van der Waals surface area contributed by atoms with Gasteiger partial charge in [-0.15, -0.1) is 0 Å². The van der Waals surface area contributed by atoms with E-state index in [1.807, 2.05) is 72.4 Å². The lowest BCUT2D eigenvalue weighted by Gasteiger charge is -2.12. The zero-order valence-electron chi connectivity index (χ0n) is 13.5. The molecule has 24 heavy (non-hydrogen) atoms. The van der Waals surface area contributed by atoms with Crippen LogP contribution in [0.4, 0.5) is 0 Å². The largest absolute Gasteiger partial charge is 0.387 e. The minimum Gasteiger partial charge on any atom is -0.387 e. The van der Waals surface area contributed by atoms with Gasteiger partial charge in [-0.25, -0.2) is 0 Å². The minimum atomic E-state index is -0.733. The number of fused-ring (bicyclic) bond motifs is 1. The third-order valence-corrected chi connectivity index (χ3v) is 3.99. The van der Waals surface area contributed by atoms with Gasteiger partial charge in [0.2, 0.25) is 5.91 Å². The summed E-state index contributed by atoms with van der Waals surface area (Å²) < 4.78 is 2.03. The van der Waals surface area contributed by atoms with Gasteiger partial charge in [0.1, 0.15) is 0 Å². The molecule has 0 spiro atoms. The van der Waals surface area contributed by atoms with Gasteiger partial charge in [0.05, 0.1) is 6.10 Å². The van der Waals surface area contributed by atoms with E-state index in [0.29, 0.717) is 0 Å². The summed E-state index contributed by atoms with van der Waals surface area (Å²) in [6.45, 7) is 0.177. The van der Waals surface area contributed by atoms with Crippen LogP contribution in [0.3, 0.4) is 0 Å². The monoisotopic (exact) mass is 320 g/mol. The first kappa shape index (κ1) is 16.0. The molecule has 0 fully saturated rings. The van der Waals surface area contributed by atoms with Crippen LogP contribution in [0.1, 0.15) is 17.2 Å². The standard InChI is InChI=1S/C20H20N2O2/c1-22-12-11-16-13-17(8-9-18(16)22)19(23)14-21-20(24)10-7-15-5-3-2-4-6-15/h2-13,19,23H,14H2,1H3,(H,21,24)/b10-7+. The van der Waals surface area contributed by atoms with Crippen molar-refractivity contribution in [3.8, 4) is 0 Å². The molecule has 4 heteroatoms. The molecule has 4 nitrogen and oxygen atoms in total. The lowest BCUT2D eigenvalue weighted by atomic mass is 10.1. The third kappa shape index (κ3) is 3.73. The fourth-order valence-corrected chi connectivity index (χ4v) is 2.62. The van der Waals surface area contributed by atoms with Crippen molar-refractivity contribution in [3.05, 3.63) is 78.0 Å². The molecule has 0 saturated heterocycles. The summed E-state index contributed by atoms with van der Waals surface area (Å²) in [4.78, 5) is 11.9. The van der Waals surface area contributed by atoms with Crippen LogP contribution in [0.25, 0.3) is 17.0 Å². The second kappa shape index (κ2) is 7.15. The number of amides is 1. The number of carbonyl (C=O) groups excluding carboxylic acids is 1. The predicted molar refractivity (Wildman–Crippen MR) is 96.4 cm³/mol. The topological polar surface area (TPSA) is 54.3 Å². The Bertz CT molecular complexity index is 866. The van der Waals surface area contributed by atoms with E-state index in [9.17, 15) is 9.90 Å². The van der Waals surface area contributed by atoms with E-state index in [1.165, 1.54) is 6.08 Å². The van der Waals surface area contributed by atoms with E-state index in [1.54, 1.807) is 6.08 Å². The van der Waals surface area contributed by atoms with E-state index in [0.717, 1.165) is 22.0 Å². The molecular formula is C20H20N2O2. The van der Waals surface area contributed by atoms with Crippen molar-refractivity contribution in [2.45, 2.75) is 6.10 Å². The van der Waals surface area contributed by atoms with E-state index < -0.39 is 6.10 Å². The summed E-state index contributed by atoms with van der Waals surface area (Å²) in [6, 6.07) is 17.4. The maximum Gasteiger partial charge on any atom is 0.244 e. The first-order chi connectivity index (χ1) is 11.6. The molecule has 2 aromatic carbocycles. The fraction of sp³-hybridized carbons (Fsp3) is 0.150. The Hall–Kier alpha value is -2.85. The Morgan fingerprint density at radius 2 is 2.00 bits per heavy atom. The molecule has 0 radical (unpaired) electrons. The smallest absolute Gasteiger partial charge is 0.244 e. The van der Waals surface area contributed by atoms with Crippen LogP contribution < -0.4 is 5.32 Å². The molecule has 1 aromatic heterocycles. The maximum atomic E-state index is 11.9. The van der Waals surface area contributed by atoms with Gasteiger partial charge in [0.15, 0.2) is 0 Å². The summed E-state index contributed by atoms with van der Waals surface area (Å²) in [7, 11) is 1.98. The number of benzene rings is 2. The van der Waals surface area contributed by atoms with Crippen LogP contribution in [-0.4, -0.2) is 22.1 Å². The van der Waals surface area contributed by atoms with E-state index in [-0.39, 0.29) is 12.5 Å². The molecule has 1 amide bonds. The lowest BCUT2D eigenvalue weighted by Crippen LogP contribution is -2.26. The van der Waals surface area contributed by atoms with Gasteiger partial charge >= 0.3 is 0 Å². The molecule has 0 aliphatic heterocycles. The molecule has 1 unspecified atom stereocenters. The first-order valence-electron chi connectivity index (χ1n) is 7.87. The Balaban J connectivity index is 1.58. The second-order valence-corrected chi connectivity index (χ2v) is 5.75. The Morgan fingerprint density at radius 1 is 1.21 bits per heavy atom. The van der Waals surface area contributed by atoms with E-state index in [2.05, 4.69) is 5.32 Å². The lowest BCUT2D eigenvalue weighted by molar-refractivity contribution is -0.116. The number of hydrogen-bond acceptors (Lipinski definition) is 2. The van der Waals surface area contributed by atoms with Crippen LogP contribution in [0.15, 0.2) is 66.9 Å². The number of aromatic nitrogens is 1. The molecule has 2 N–H and O–H groups in total. The molecule has 0 saturated carbocycles. The number of nitrogens with one attached hydrogen (secondary N) is 1. The highest BCUT2D eigenvalue weighted by Gasteiger charge is 2.10. The van der Waals surface area contributed by atoms with Gasteiger partial charge in [-0.05, 0) is 40.8 Å². The molecule has 122 valence electrons. The summed E-state index contributed by atoms with van der Waals surface area (Å²) in [5, 5.41) is 14.1. The van der Waals surface area contributed by atoms with Crippen LogP contribution >= 0.6 is 0 Å². The Kier molecular flexibility index (Phi) is 4.77. The average molecular weight is 320 g/mol. The van der Waals surface area contributed by atoms with Crippen molar-refractivity contribution in [2.24, 2.45) is 7.05 Å². The first-order valence-corrected chi connectivity index (χ1v) is 7.87. The highest BCUT2D eigenvalue weighted by Crippen LogP contribution is 2.20. The number of aryl methyl sites for hydroxylation is 1. The number of aliphatic hydroxyl groups is 1. The van der Waals surface area contributed by atoms with Gasteiger partial charge in [-0.3, -0.25) is 4.79 Å². The fourth-order valence-electron chi connectivity index (χ4n) is 2.62. The maximum absolute atomic E-state index is 11.9. The average Bonchev–Trinajstić information content (AvgIpc) is 2.99. The van der Waals surface area contributed by atoms with Gasteiger partial charge in [0, 0.05) is 31.4 Å². The van der Waals surface area contributed by atoms with E-state index in [4.69, 9.17) is 0 Å². The van der Waals surface area contributed by atoms with Crippen molar-refractivity contribution in [1.82, 2.24) is 9.88 Å². The molecule has 0 bridgehead atoms. The van der Waals surface area contributed by atoms with Crippen LogP contribution in [0.2, 0.25) is 0 Å². The van der Waals surface area contributed by atoms with Gasteiger partial charge in [-0.1, -0.05) is 36.4 Å². The van der Waals surface area contributed by atoms with Gasteiger partial charge in [0.25, 0.3) is 0 Å². The van der Waals surface area contributed by atoms with Crippen molar-refractivity contribution in [3.63, 3.8) is 0 Å². The number of hydrogen-bond donors (Lipinski definition) is 2. The quantitative estimate of drug-likeness (QED) is 0.710. The number of aliphatic hydroxyl groups excluding tert-OH is 1. The highest BCUT2D eigenvalue weighted by atomic mass is 16.3. The van der Waals surface area contributed by atoms with Crippen LogP contribution in [0.5, 0.6) is 0 Å². The van der Waals surface area contributed by atoms with Gasteiger partial charge in [-0.2, -0.15) is 0 Å². The highest BCUT2D eigenvalue weighted by molar-refractivity contribution is 5.91. The van der Waals surface area contributed by atoms with Crippen molar-refractivity contribution < 1.29 is 9.90 Å². The van der Waals surface area contributed by atoms with Gasteiger partial charge < -0.3 is 15.0 Å². The SMILES string of the molecule is Cn1ccc2cc(C(O)CNC(=O)/C=C/c3ccccc3)ccc21.